The molecule has 3 heteroatoms. The van der Waals surface area contributed by atoms with E-state index in [9.17, 15) is 5.11 Å². The minimum Gasteiger partial charge on any atom is -0.447 e. The maximum Gasteiger partial charge on any atom is 0.193 e. The van der Waals surface area contributed by atoms with E-state index < -0.39 is 6.10 Å². The van der Waals surface area contributed by atoms with Gasteiger partial charge in [0.05, 0.1) is 0 Å². The molecule has 1 N–H and O–H groups in total. The second kappa shape index (κ2) is 4.68. The third-order valence-corrected chi connectivity index (χ3v) is 2.14. The zero-order valence-corrected chi connectivity index (χ0v) is 8.71. The molecule has 1 atom stereocenters. The molecule has 0 fully saturated rings. The number of aliphatic hydroxyl groups excluding tert-OH is 1. The molecule has 1 rings (SSSR count). The zero-order chi connectivity index (χ0) is 9.84. The average Bonchev–Trinajstić information content (AvgIpc) is 2.47. The predicted molar refractivity (Wildman–Crippen MR) is 52.7 cm³/mol. The lowest BCUT2D eigenvalue weighted by Crippen LogP contribution is -1.98. The van der Waals surface area contributed by atoms with E-state index in [1.165, 1.54) is 0 Å². The van der Waals surface area contributed by atoms with Gasteiger partial charge in [0.15, 0.2) is 5.22 Å². The van der Waals surface area contributed by atoms with Gasteiger partial charge < -0.3 is 9.52 Å². The number of furan rings is 1. The van der Waals surface area contributed by atoms with Crippen LogP contribution in [0.4, 0.5) is 0 Å². The Kier molecular flexibility index (Phi) is 3.82. The van der Waals surface area contributed by atoms with Crippen LogP contribution in [-0.2, 0) is 0 Å². The summed E-state index contributed by atoms with van der Waals surface area (Å²) in [6.45, 7) is 4.25. The highest BCUT2D eigenvalue weighted by Crippen LogP contribution is 2.24. The monoisotopic (exact) mass is 202 g/mol. The number of halogens is 1. The van der Waals surface area contributed by atoms with E-state index in [1.54, 1.807) is 12.1 Å². The van der Waals surface area contributed by atoms with Crippen LogP contribution in [0.15, 0.2) is 16.5 Å². The Morgan fingerprint density at radius 2 is 2.08 bits per heavy atom. The third kappa shape index (κ3) is 3.41. The minimum absolute atomic E-state index is 0.332. The molecule has 0 aliphatic rings. The molecule has 1 heterocycles. The standard InChI is InChI=1S/C10H15ClO2/c1-7(2)3-4-8(12)9-5-6-10(11)13-9/h5-8,12H,3-4H2,1-2H3. The Bertz CT molecular complexity index is 255. The van der Waals surface area contributed by atoms with Crippen molar-refractivity contribution in [1.82, 2.24) is 0 Å². The van der Waals surface area contributed by atoms with Crippen LogP contribution in [0.1, 0.15) is 38.6 Å². The molecule has 0 amide bonds. The molecule has 0 spiro atoms. The quantitative estimate of drug-likeness (QED) is 0.812. The predicted octanol–water partition coefficient (Wildman–Crippen LogP) is 3.40. The van der Waals surface area contributed by atoms with E-state index in [0.29, 0.717) is 16.9 Å². The molecule has 1 aromatic rings. The lowest BCUT2D eigenvalue weighted by atomic mass is 10.0. The largest absolute Gasteiger partial charge is 0.447 e. The van der Waals surface area contributed by atoms with Gasteiger partial charge in [-0.3, -0.25) is 0 Å². The highest BCUT2D eigenvalue weighted by molar-refractivity contribution is 6.28. The van der Waals surface area contributed by atoms with E-state index in [1.807, 2.05) is 0 Å². The van der Waals surface area contributed by atoms with Gasteiger partial charge >= 0.3 is 0 Å². The first-order valence-electron chi connectivity index (χ1n) is 4.53. The topological polar surface area (TPSA) is 33.4 Å². The van der Waals surface area contributed by atoms with E-state index in [4.69, 9.17) is 16.0 Å². The first-order valence-corrected chi connectivity index (χ1v) is 4.90. The fraction of sp³-hybridized carbons (Fsp3) is 0.600. The SMILES string of the molecule is CC(C)CCC(O)c1ccc(Cl)o1. The average molecular weight is 203 g/mol. The smallest absolute Gasteiger partial charge is 0.193 e. The molecule has 0 radical (unpaired) electrons. The summed E-state index contributed by atoms with van der Waals surface area (Å²) in [4.78, 5) is 0. The van der Waals surface area contributed by atoms with Crippen LogP contribution < -0.4 is 0 Å². The summed E-state index contributed by atoms with van der Waals surface area (Å²) in [5, 5.41) is 9.96. The molecule has 1 unspecified atom stereocenters. The van der Waals surface area contributed by atoms with Crippen LogP contribution in [0.3, 0.4) is 0 Å². The minimum atomic E-state index is -0.519. The van der Waals surface area contributed by atoms with Gasteiger partial charge in [-0.15, -0.1) is 0 Å². The van der Waals surface area contributed by atoms with Crippen molar-refractivity contribution < 1.29 is 9.52 Å². The molecule has 2 nitrogen and oxygen atoms in total. The third-order valence-electron chi connectivity index (χ3n) is 1.94. The highest BCUT2D eigenvalue weighted by atomic mass is 35.5. The molecule has 0 saturated carbocycles. The summed E-state index contributed by atoms with van der Waals surface area (Å²) in [7, 11) is 0. The van der Waals surface area contributed by atoms with Crippen molar-refractivity contribution in [2.24, 2.45) is 5.92 Å². The van der Waals surface area contributed by atoms with Crippen LogP contribution in [0.5, 0.6) is 0 Å². The fourth-order valence-electron chi connectivity index (χ4n) is 1.14. The van der Waals surface area contributed by atoms with Crippen LogP contribution in [0.25, 0.3) is 0 Å². The molecular weight excluding hydrogens is 188 g/mol. The maximum absolute atomic E-state index is 9.63. The number of hydrogen-bond donors (Lipinski definition) is 1. The van der Waals surface area contributed by atoms with Crippen molar-refractivity contribution in [1.29, 1.82) is 0 Å². The van der Waals surface area contributed by atoms with E-state index in [-0.39, 0.29) is 0 Å². The highest BCUT2D eigenvalue weighted by Gasteiger charge is 2.12. The molecule has 0 aliphatic carbocycles. The number of aliphatic hydroxyl groups is 1. The van der Waals surface area contributed by atoms with Gasteiger partial charge in [0.2, 0.25) is 0 Å². The van der Waals surface area contributed by atoms with Gasteiger partial charge in [0.1, 0.15) is 11.9 Å². The van der Waals surface area contributed by atoms with Crippen LogP contribution in [-0.4, -0.2) is 5.11 Å². The molecular formula is C10H15ClO2. The number of hydrogen-bond acceptors (Lipinski definition) is 2. The van der Waals surface area contributed by atoms with Gasteiger partial charge in [-0.2, -0.15) is 0 Å². The summed E-state index contributed by atoms with van der Waals surface area (Å²) in [5.41, 5.74) is 0. The zero-order valence-electron chi connectivity index (χ0n) is 7.96. The molecule has 0 bridgehead atoms. The fourth-order valence-corrected chi connectivity index (χ4v) is 1.29. The second-order valence-corrected chi connectivity index (χ2v) is 4.00. The van der Waals surface area contributed by atoms with E-state index in [2.05, 4.69) is 13.8 Å². The first kappa shape index (κ1) is 10.6. The van der Waals surface area contributed by atoms with E-state index >= 15 is 0 Å². The lowest BCUT2D eigenvalue weighted by molar-refractivity contribution is 0.133. The second-order valence-electron chi connectivity index (χ2n) is 3.63. The van der Waals surface area contributed by atoms with Gasteiger partial charge in [-0.05, 0) is 42.5 Å². The van der Waals surface area contributed by atoms with Crippen molar-refractivity contribution in [3.05, 3.63) is 23.1 Å². The van der Waals surface area contributed by atoms with Crippen molar-refractivity contribution in [2.45, 2.75) is 32.8 Å². The summed E-state index contributed by atoms with van der Waals surface area (Å²) in [6, 6.07) is 3.36. The summed E-state index contributed by atoms with van der Waals surface area (Å²) < 4.78 is 5.09. The van der Waals surface area contributed by atoms with Crippen LogP contribution >= 0.6 is 11.6 Å². The van der Waals surface area contributed by atoms with Crippen molar-refractivity contribution >= 4 is 11.6 Å². The van der Waals surface area contributed by atoms with Crippen molar-refractivity contribution in [3.8, 4) is 0 Å². The molecule has 0 aromatic carbocycles. The van der Waals surface area contributed by atoms with Crippen LogP contribution in [0, 0.1) is 5.92 Å². The molecule has 74 valence electrons. The van der Waals surface area contributed by atoms with Gasteiger partial charge in [0, 0.05) is 0 Å². The summed E-state index contributed by atoms with van der Waals surface area (Å²) in [5.74, 6) is 1.16. The summed E-state index contributed by atoms with van der Waals surface area (Å²) >= 11 is 5.59. The van der Waals surface area contributed by atoms with Crippen molar-refractivity contribution in [2.75, 3.05) is 0 Å². The normalized spacial score (nSPS) is 13.6. The maximum atomic E-state index is 9.63. The van der Waals surface area contributed by atoms with Crippen LogP contribution in [0.2, 0.25) is 5.22 Å². The van der Waals surface area contributed by atoms with Gasteiger partial charge in [-0.25, -0.2) is 0 Å². The van der Waals surface area contributed by atoms with Gasteiger partial charge in [0.25, 0.3) is 0 Å². The van der Waals surface area contributed by atoms with Gasteiger partial charge in [-0.1, -0.05) is 13.8 Å². The Morgan fingerprint density at radius 1 is 1.38 bits per heavy atom. The lowest BCUT2D eigenvalue weighted by Gasteiger charge is -2.08. The summed E-state index contributed by atoms with van der Waals surface area (Å²) in [6.07, 6.45) is 1.19. The molecule has 1 aromatic heterocycles. The van der Waals surface area contributed by atoms with Crippen molar-refractivity contribution in [3.63, 3.8) is 0 Å². The number of rotatable bonds is 4. The Balaban J connectivity index is 2.44. The van der Waals surface area contributed by atoms with E-state index in [0.717, 1.165) is 12.8 Å². The molecule has 0 saturated heterocycles. The Morgan fingerprint density at radius 3 is 2.54 bits per heavy atom. The Hall–Kier alpha value is -0.470. The molecule has 0 aliphatic heterocycles. The molecule has 13 heavy (non-hydrogen) atoms. The first-order chi connectivity index (χ1) is 6.09. The Labute approximate surface area is 83.5 Å².